The normalized spacial score (nSPS) is 12.5. The number of amides is 1. The molecule has 0 saturated heterocycles. The van der Waals surface area contributed by atoms with Crippen LogP contribution in [0.15, 0.2) is 24.3 Å². The van der Waals surface area contributed by atoms with E-state index >= 15 is 0 Å². The van der Waals surface area contributed by atoms with Crippen LogP contribution in [0.3, 0.4) is 0 Å². The van der Waals surface area contributed by atoms with Crippen LogP contribution in [-0.4, -0.2) is 37.2 Å². The van der Waals surface area contributed by atoms with Crippen LogP contribution in [0.4, 0.5) is 5.69 Å². The first-order valence-corrected chi connectivity index (χ1v) is 8.04. The molecule has 0 fully saturated rings. The number of nitrogens with one attached hydrogen (secondary N) is 2. The first kappa shape index (κ1) is 17.0. The number of carboxylic acids is 1. The lowest BCUT2D eigenvalue weighted by molar-refractivity contribution is -0.138. The number of hydrogen-bond donors (Lipinski definition) is 3. The minimum Gasteiger partial charge on any atom is -0.480 e. The van der Waals surface area contributed by atoms with Crippen molar-refractivity contribution in [1.29, 1.82) is 0 Å². The summed E-state index contributed by atoms with van der Waals surface area (Å²) in [6.45, 7) is 3.09. The van der Waals surface area contributed by atoms with Gasteiger partial charge in [0.15, 0.2) is 0 Å². The Morgan fingerprint density at radius 2 is 2.00 bits per heavy atom. The van der Waals surface area contributed by atoms with Gasteiger partial charge in [0.2, 0.25) is 10.0 Å². The molecule has 0 radical (unpaired) electrons. The Kier molecular flexibility index (Phi) is 5.71. The van der Waals surface area contributed by atoms with Gasteiger partial charge >= 0.3 is 5.97 Å². The fourth-order valence-electron chi connectivity index (χ4n) is 1.56. The minimum absolute atomic E-state index is 0.0144. The largest absolute Gasteiger partial charge is 0.480 e. The second-order valence-electron chi connectivity index (χ2n) is 4.54. The SMILES string of the molecule is CCCS(=O)(=O)Nc1cccc(C(=O)N[C@H](C)C(=O)O)c1. The van der Waals surface area contributed by atoms with E-state index in [1.165, 1.54) is 31.2 Å². The van der Waals surface area contributed by atoms with Gasteiger partial charge in [-0.1, -0.05) is 13.0 Å². The lowest BCUT2D eigenvalue weighted by atomic mass is 10.2. The second kappa shape index (κ2) is 7.07. The minimum atomic E-state index is -3.44. The summed E-state index contributed by atoms with van der Waals surface area (Å²) in [5, 5.41) is 11.0. The van der Waals surface area contributed by atoms with E-state index in [4.69, 9.17) is 5.11 Å². The van der Waals surface area contributed by atoms with Crippen molar-refractivity contribution < 1.29 is 23.1 Å². The number of aliphatic carboxylic acids is 1. The highest BCUT2D eigenvalue weighted by atomic mass is 32.2. The zero-order chi connectivity index (χ0) is 16.0. The Morgan fingerprint density at radius 1 is 1.33 bits per heavy atom. The first-order chi connectivity index (χ1) is 9.75. The van der Waals surface area contributed by atoms with E-state index in [0.717, 1.165) is 0 Å². The number of hydrogen-bond acceptors (Lipinski definition) is 4. The lowest BCUT2D eigenvalue weighted by Crippen LogP contribution is -2.38. The van der Waals surface area contributed by atoms with E-state index in [1.807, 2.05) is 0 Å². The van der Waals surface area contributed by atoms with Crippen LogP contribution in [0.1, 0.15) is 30.6 Å². The molecule has 21 heavy (non-hydrogen) atoms. The van der Waals surface area contributed by atoms with E-state index in [9.17, 15) is 18.0 Å². The maximum absolute atomic E-state index is 11.9. The Labute approximate surface area is 123 Å². The van der Waals surface area contributed by atoms with E-state index in [-0.39, 0.29) is 17.0 Å². The summed E-state index contributed by atoms with van der Waals surface area (Å²) < 4.78 is 25.7. The smallest absolute Gasteiger partial charge is 0.325 e. The maximum atomic E-state index is 11.9. The summed E-state index contributed by atoms with van der Waals surface area (Å²) in [5.74, 6) is -1.75. The summed E-state index contributed by atoms with van der Waals surface area (Å²) in [5.41, 5.74) is 0.443. The highest BCUT2D eigenvalue weighted by molar-refractivity contribution is 7.92. The number of carbonyl (C=O) groups excluding carboxylic acids is 1. The molecule has 1 rings (SSSR count). The molecular weight excluding hydrogens is 296 g/mol. The van der Waals surface area contributed by atoms with Crippen LogP contribution >= 0.6 is 0 Å². The summed E-state index contributed by atoms with van der Waals surface area (Å²) in [4.78, 5) is 22.5. The number of benzene rings is 1. The van der Waals surface area contributed by atoms with Crippen molar-refractivity contribution in [1.82, 2.24) is 5.32 Å². The van der Waals surface area contributed by atoms with Gasteiger partial charge < -0.3 is 10.4 Å². The van der Waals surface area contributed by atoms with Gasteiger partial charge in [0, 0.05) is 11.3 Å². The molecule has 1 atom stereocenters. The quantitative estimate of drug-likeness (QED) is 0.696. The molecule has 0 aliphatic rings. The number of carboxylic acid groups (broad SMARTS) is 1. The van der Waals surface area contributed by atoms with Gasteiger partial charge in [-0.15, -0.1) is 0 Å². The Hall–Kier alpha value is -2.09. The van der Waals surface area contributed by atoms with E-state index in [1.54, 1.807) is 6.92 Å². The van der Waals surface area contributed by atoms with Crippen LogP contribution in [0.25, 0.3) is 0 Å². The maximum Gasteiger partial charge on any atom is 0.325 e. The molecule has 0 bridgehead atoms. The zero-order valence-electron chi connectivity index (χ0n) is 11.8. The molecule has 0 aliphatic carbocycles. The molecular formula is C13H18N2O5S. The van der Waals surface area contributed by atoms with Gasteiger partial charge in [0.25, 0.3) is 5.91 Å². The number of sulfonamides is 1. The molecule has 0 spiro atoms. The van der Waals surface area contributed by atoms with Crippen LogP contribution in [0.2, 0.25) is 0 Å². The van der Waals surface area contributed by atoms with E-state index in [0.29, 0.717) is 6.42 Å². The average molecular weight is 314 g/mol. The standard InChI is InChI=1S/C13H18N2O5S/c1-3-7-21(19,20)15-11-6-4-5-10(8-11)12(16)14-9(2)13(17)18/h4-6,8-9,15H,3,7H2,1-2H3,(H,14,16)(H,17,18)/t9-/m1/s1. The molecule has 0 heterocycles. The molecule has 7 nitrogen and oxygen atoms in total. The summed E-state index contributed by atoms with van der Waals surface area (Å²) >= 11 is 0. The van der Waals surface area contributed by atoms with Gasteiger partial charge in [0.1, 0.15) is 6.04 Å². The molecule has 1 aromatic carbocycles. The van der Waals surface area contributed by atoms with Gasteiger partial charge in [-0.25, -0.2) is 8.42 Å². The molecule has 3 N–H and O–H groups in total. The molecule has 0 unspecified atom stereocenters. The fourth-order valence-corrected chi connectivity index (χ4v) is 2.69. The summed E-state index contributed by atoms with van der Waals surface area (Å²) in [6, 6.07) is 4.84. The molecule has 8 heteroatoms. The predicted molar refractivity (Wildman–Crippen MR) is 78.7 cm³/mol. The summed E-state index contributed by atoms with van der Waals surface area (Å²) in [7, 11) is -3.44. The number of anilines is 1. The first-order valence-electron chi connectivity index (χ1n) is 6.39. The van der Waals surface area contributed by atoms with E-state index < -0.39 is 27.9 Å². The third kappa shape index (κ3) is 5.42. The molecule has 0 aliphatic heterocycles. The third-order valence-corrected chi connectivity index (χ3v) is 4.08. The lowest BCUT2D eigenvalue weighted by Gasteiger charge is -2.11. The highest BCUT2D eigenvalue weighted by Gasteiger charge is 2.16. The monoisotopic (exact) mass is 314 g/mol. The van der Waals surface area contributed by atoms with Crippen molar-refractivity contribution in [2.45, 2.75) is 26.3 Å². The van der Waals surface area contributed by atoms with Gasteiger partial charge in [-0.3, -0.25) is 14.3 Å². The predicted octanol–water partition coefficient (Wildman–Crippen LogP) is 1.04. The van der Waals surface area contributed by atoms with Crippen LogP contribution in [-0.2, 0) is 14.8 Å². The van der Waals surface area contributed by atoms with Crippen LogP contribution in [0.5, 0.6) is 0 Å². The van der Waals surface area contributed by atoms with Crippen molar-refractivity contribution in [3.63, 3.8) is 0 Å². The van der Waals surface area contributed by atoms with Crippen molar-refractivity contribution in [2.75, 3.05) is 10.5 Å². The Balaban J connectivity index is 2.86. The number of rotatable bonds is 7. The molecule has 0 aromatic heterocycles. The molecule has 1 aromatic rings. The molecule has 0 saturated carbocycles. The number of carbonyl (C=O) groups is 2. The average Bonchev–Trinajstić information content (AvgIpc) is 2.37. The van der Waals surface area contributed by atoms with E-state index in [2.05, 4.69) is 10.0 Å². The topological polar surface area (TPSA) is 113 Å². The van der Waals surface area contributed by atoms with Crippen molar-refractivity contribution in [3.8, 4) is 0 Å². The van der Waals surface area contributed by atoms with Crippen molar-refractivity contribution >= 4 is 27.6 Å². The van der Waals surface area contributed by atoms with Gasteiger partial charge in [-0.05, 0) is 31.5 Å². The van der Waals surface area contributed by atoms with Crippen molar-refractivity contribution in [2.24, 2.45) is 0 Å². The van der Waals surface area contributed by atoms with Gasteiger partial charge in [-0.2, -0.15) is 0 Å². The van der Waals surface area contributed by atoms with Crippen LogP contribution in [0, 0.1) is 0 Å². The third-order valence-electron chi connectivity index (χ3n) is 2.59. The van der Waals surface area contributed by atoms with Crippen molar-refractivity contribution in [3.05, 3.63) is 29.8 Å². The highest BCUT2D eigenvalue weighted by Crippen LogP contribution is 2.13. The second-order valence-corrected chi connectivity index (χ2v) is 6.38. The van der Waals surface area contributed by atoms with Gasteiger partial charge in [0.05, 0.1) is 5.75 Å². The molecule has 116 valence electrons. The fraction of sp³-hybridized carbons (Fsp3) is 0.385. The van der Waals surface area contributed by atoms with Crippen LogP contribution < -0.4 is 10.0 Å². The molecule has 1 amide bonds. The summed E-state index contributed by atoms with van der Waals surface area (Å²) in [6.07, 6.45) is 0.478. The zero-order valence-corrected chi connectivity index (χ0v) is 12.6. The Morgan fingerprint density at radius 3 is 2.57 bits per heavy atom. The Bertz CT molecular complexity index is 627.